The minimum atomic E-state index is -0.0172. The van der Waals surface area contributed by atoms with Gasteiger partial charge in [0, 0.05) is 19.0 Å². The van der Waals surface area contributed by atoms with Crippen molar-refractivity contribution in [1.82, 2.24) is 5.32 Å². The molecule has 0 heterocycles. The van der Waals surface area contributed by atoms with Crippen LogP contribution in [0.4, 0.5) is 0 Å². The molecule has 1 amide bonds. The Kier molecular flexibility index (Phi) is 4.78. The van der Waals surface area contributed by atoms with E-state index in [4.69, 9.17) is 5.73 Å². The molecule has 0 aliphatic heterocycles. The van der Waals surface area contributed by atoms with Crippen LogP contribution in [0.15, 0.2) is 0 Å². The molecular weight excluding hydrogens is 200 g/mol. The molecule has 1 aliphatic rings. The molecule has 0 aromatic carbocycles. The molecule has 0 bridgehead atoms. The minimum Gasteiger partial charge on any atom is -0.356 e. The summed E-state index contributed by atoms with van der Waals surface area (Å²) < 4.78 is 0. The maximum atomic E-state index is 11.7. The Morgan fingerprint density at radius 2 is 1.94 bits per heavy atom. The third-order valence-electron chi connectivity index (χ3n) is 3.80. The van der Waals surface area contributed by atoms with E-state index in [1.165, 1.54) is 25.7 Å². The Morgan fingerprint density at radius 3 is 2.44 bits per heavy atom. The van der Waals surface area contributed by atoms with Gasteiger partial charge < -0.3 is 11.1 Å². The van der Waals surface area contributed by atoms with Crippen LogP contribution in [0.1, 0.15) is 52.9 Å². The van der Waals surface area contributed by atoms with Gasteiger partial charge in [-0.15, -0.1) is 0 Å². The summed E-state index contributed by atoms with van der Waals surface area (Å²) in [6, 6.07) is -0.0172. The number of nitrogens with one attached hydrogen (secondary N) is 1. The van der Waals surface area contributed by atoms with Gasteiger partial charge in [0.2, 0.25) is 5.91 Å². The highest BCUT2D eigenvalue weighted by molar-refractivity contribution is 5.76. The lowest BCUT2D eigenvalue weighted by atomic mass is 9.89. The average Bonchev–Trinajstić information content (AvgIpc) is 2.63. The normalized spacial score (nSPS) is 21.1. The molecule has 0 saturated heterocycles. The van der Waals surface area contributed by atoms with E-state index in [0.717, 1.165) is 6.54 Å². The van der Waals surface area contributed by atoms with Gasteiger partial charge in [-0.3, -0.25) is 4.79 Å². The summed E-state index contributed by atoms with van der Waals surface area (Å²) in [7, 11) is 0. The largest absolute Gasteiger partial charge is 0.356 e. The van der Waals surface area contributed by atoms with E-state index < -0.39 is 0 Å². The van der Waals surface area contributed by atoms with E-state index in [0.29, 0.717) is 17.8 Å². The highest BCUT2D eigenvalue weighted by Crippen LogP contribution is 2.36. The summed E-state index contributed by atoms with van der Waals surface area (Å²) in [5.74, 6) is 0.474. The van der Waals surface area contributed by atoms with Crippen molar-refractivity contribution < 1.29 is 4.79 Å². The molecule has 0 spiro atoms. The van der Waals surface area contributed by atoms with E-state index in [1.54, 1.807) is 0 Å². The summed E-state index contributed by atoms with van der Waals surface area (Å²) in [6.07, 6.45) is 5.54. The van der Waals surface area contributed by atoms with Gasteiger partial charge >= 0.3 is 0 Å². The van der Waals surface area contributed by atoms with Crippen molar-refractivity contribution in [2.24, 2.45) is 17.1 Å². The van der Waals surface area contributed by atoms with Crippen molar-refractivity contribution in [2.45, 2.75) is 58.9 Å². The molecule has 3 heteroatoms. The second-order valence-electron chi connectivity index (χ2n) is 5.91. The van der Waals surface area contributed by atoms with Gasteiger partial charge in [-0.2, -0.15) is 0 Å². The molecule has 1 unspecified atom stereocenters. The van der Waals surface area contributed by atoms with Crippen LogP contribution in [0.25, 0.3) is 0 Å². The second kappa shape index (κ2) is 5.67. The zero-order valence-corrected chi connectivity index (χ0v) is 10.9. The topological polar surface area (TPSA) is 55.1 Å². The van der Waals surface area contributed by atoms with Crippen molar-refractivity contribution >= 4 is 5.91 Å². The molecule has 1 fully saturated rings. The molecule has 16 heavy (non-hydrogen) atoms. The highest BCUT2D eigenvalue weighted by atomic mass is 16.1. The Morgan fingerprint density at radius 1 is 1.38 bits per heavy atom. The SMILES string of the molecule is CC(C)C(N)CC(=O)NCC1(C)CCCC1. The van der Waals surface area contributed by atoms with Crippen molar-refractivity contribution in [3.63, 3.8) is 0 Å². The average molecular weight is 226 g/mol. The molecule has 0 radical (unpaired) electrons. The number of hydrogen-bond acceptors (Lipinski definition) is 2. The zero-order chi connectivity index (χ0) is 12.2. The van der Waals surface area contributed by atoms with Gasteiger partial charge in [-0.25, -0.2) is 0 Å². The van der Waals surface area contributed by atoms with Gasteiger partial charge in [0.15, 0.2) is 0 Å². The summed E-state index contributed by atoms with van der Waals surface area (Å²) in [5.41, 5.74) is 6.20. The molecule has 1 saturated carbocycles. The smallest absolute Gasteiger partial charge is 0.221 e. The first kappa shape index (κ1) is 13.5. The molecule has 0 aromatic heterocycles. The molecule has 1 aliphatic carbocycles. The van der Waals surface area contributed by atoms with E-state index in [-0.39, 0.29) is 11.9 Å². The number of carbonyl (C=O) groups is 1. The monoisotopic (exact) mass is 226 g/mol. The number of nitrogens with two attached hydrogens (primary N) is 1. The lowest BCUT2D eigenvalue weighted by Crippen LogP contribution is -2.38. The number of rotatable bonds is 5. The lowest BCUT2D eigenvalue weighted by Gasteiger charge is -2.24. The highest BCUT2D eigenvalue weighted by Gasteiger charge is 2.28. The van der Waals surface area contributed by atoms with Crippen LogP contribution in [-0.4, -0.2) is 18.5 Å². The van der Waals surface area contributed by atoms with Gasteiger partial charge in [0.1, 0.15) is 0 Å². The first-order chi connectivity index (χ1) is 7.43. The van der Waals surface area contributed by atoms with Gasteiger partial charge in [-0.1, -0.05) is 33.6 Å². The van der Waals surface area contributed by atoms with Gasteiger partial charge in [-0.05, 0) is 24.2 Å². The Hall–Kier alpha value is -0.570. The van der Waals surface area contributed by atoms with E-state index in [1.807, 2.05) is 0 Å². The number of amides is 1. The van der Waals surface area contributed by atoms with Gasteiger partial charge in [0.05, 0.1) is 0 Å². The van der Waals surface area contributed by atoms with Crippen LogP contribution in [0.5, 0.6) is 0 Å². The Balaban J connectivity index is 2.24. The first-order valence-electron chi connectivity index (χ1n) is 6.45. The molecule has 1 atom stereocenters. The molecule has 94 valence electrons. The summed E-state index contributed by atoms with van der Waals surface area (Å²) in [5, 5.41) is 3.03. The van der Waals surface area contributed by atoms with E-state index in [2.05, 4.69) is 26.1 Å². The van der Waals surface area contributed by atoms with Crippen molar-refractivity contribution in [2.75, 3.05) is 6.54 Å². The standard InChI is InChI=1S/C13H26N2O/c1-10(2)11(14)8-12(16)15-9-13(3)6-4-5-7-13/h10-11H,4-9,14H2,1-3H3,(H,15,16). The van der Waals surface area contributed by atoms with Crippen LogP contribution in [-0.2, 0) is 4.79 Å². The fourth-order valence-corrected chi connectivity index (χ4v) is 2.24. The maximum absolute atomic E-state index is 11.7. The fraction of sp³-hybridized carbons (Fsp3) is 0.923. The van der Waals surface area contributed by atoms with E-state index in [9.17, 15) is 4.79 Å². The van der Waals surface area contributed by atoms with Crippen LogP contribution < -0.4 is 11.1 Å². The summed E-state index contributed by atoms with van der Waals surface area (Å²) in [6.45, 7) is 7.19. The second-order valence-corrected chi connectivity index (χ2v) is 5.91. The van der Waals surface area contributed by atoms with Gasteiger partial charge in [0.25, 0.3) is 0 Å². The number of carbonyl (C=O) groups excluding carboxylic acids is 1. The first-order valence-corrected chi connectivity index (χ1v) is 6.45. The molecule has 1 rings (SSSR count). The summed E-state index contributed by atoms with van der Waals surface area (Å²) >= 11 is 0. The van der Waals surface area contributed by atoms with Crippen LogP contribution in [0.2, 0.25) is 0 Å². The summed E-state index contributed by atoms with van der Waals surface area (Å²) in [4.78, 5) is 11.7. The van der Waals surface area contributed by atoms with E-state index >= 15 is 0 Å². The van der Waals surface area contributed by atoms with Crippen molar-refractivity contribution in [3.8, 4) is 0 Å². The third-order valence-corrected chi connectivity index (χ3v) is 3.80. The predicted molar refractivity (Wildman–Crippen MR) is 67.0 cm³/mol. The zero-order valence-electron chi connectivity index (χ0n) is 10.9. The lowest BCUT2D eigenvalue weighted by molar-refractivity contribution is -0.122. The Labute approximate surface area is 99.2 Å². The van der Waals surface area contributed by atoms with Crippen molar-refractivity contribution in [3.05, 3.63) is 0 Å². The molecule has 3 N–H and O–H groups in total. The molecule has 3 nitrogen and oxygen atoms in total. The quantitative estimate of drug-likeness (QED) is 0.754. The minimum absolute atomic E-state index is 0.0172. The third kappa shape index (κ3) is 4.12. The fourth-order valence-electron chi connectivity index (χ4n) is 2.24. The number of hydrogen-bond donors (Lipinski definition) is 2. The van der Waals surface area contributed by atoms with Crippen LogP contribution in [0.3, 0.4) is 0 Å². The Bertz CT molecular complexity index is 232. The predicted octanol–water partition coefficient (Wildman–Crippen LogP) is 2.06. The van der Waals surface area contributed by atoms with Crippen LogP contribution >= 0.6 is 0 Å². The van der Waals surface area contributed by atoms with Crippen LogP contribution in [0, 0.1) is 11.3 Å². The molecular formula is C13H26N2O. The maximum Gasteiger partial charge on any atom is 0.221 e. The molecule has 0 aromatic rings. The van der Waals surface area contributed by atoms with Crippen molar-refractivity contribution in [1.29, 1.82) is 0 Å².